The van der Waals surface area contributed by atoms with Crippen molar-refractivity contribution in [2.24, 2.45) is 0 Å². The van der Waals surface area contributed by atoms with Crippen LogP contribution in [0.5, 0.6) is 0 Å². The predicted octanol–water partition coefficient (Wildman–Crippen LogP) is 2.75. The standard InChI is InChI=1S/C13H18ClNO2/c1-10(12-4-2-3-5-13(12)14)15-8-11-6-7-16-9-17-11/h2-5,10-11,15H,6-9H2,1H3. The zero-order chi connectivity index (χ0) is 12.1. The van der Waals surface area contributed by atoms with Gasteiger partial charge in [0.1, 0.15) is 6.79 Å². The molecular weight excluding hydrogens is 238 g/mol. The molecule has 2 atom stereocenters. The van der Waals surface area contributed by atoms with Crippen LogP contribution >= 0.6 is 11.6 Å². The second-order valence-corrected chi connectivity index (χ2v) is 4.66. The number of benzene rings is 1. The maximum atomic E-state index is 6.15. The van der Waals surface area contributed by atoms with E-state index in [-0.39, 0.29) is 12.1 Å². The third-order valence-corrected chi connectivity index (χ3v) is 3.34. The Morgan fingerprint density at radius 1 is 1.47 bits per heavy atom. The topological polar surface area (TPSA) is 30.5 Å². The molecule has 2 rings (SSSR count). The van der Waals surface area contributed by atoms with Crippen molar-refractivity contribution >= 4 is 11.6 Å². The van der Waals surface area contributed by atoms with E-state index < -0.39 is 0 Å². The average Bonchev–Trinajstić information content (AvgIpc) is 2.38. The van der Waals surface area contributed by atoms with Gasteiger partial charge in [0, 0.05) is 17.6 Å². The van der Waals surface area contributed by atoms with Crippen LogP contribution in [0.3, 0.4) is 0 Å². The van der Waals surface area contributed by atoms with Gasteiger partial charge in [0.2, 0.25) is 0 Å². The quantitative estimate of drug-likeness (QED) is 0.898. The zero-order valence-corrected chi connectivity index (χ0v) is 10.7. The molecule has 2 unspecified atom stereocenters. The first-order valence-electron chi connectivity index (χ1n) is 5.94. The van der Waals surface area contributed by atoms with Crippen LogP contribution in [0.1, 0.15) is 24.9 Å². The summed E-state index contributed by atoms with van der Waals surface area (Å²) in [6.07, 6.45) is 1.19. The summed E-state index contributed by atoms with van der Waals surface area (Å²) < 4.78 is 10.6. The first-order chi connectivity index (χ1) is 8.27. The van der Waals surface area contributed by atoms with Crippen molar-refractivity contribution in [1.82, 2.24) is 5.32 Å². The molecule has 0 radical (unpaired) electrons. The van der Waals surface area contributed by atoms with Crippen LogP contribution in [0.15, 0.2) is 24.3 Å². The van der Waals surface area contributed by atoms with Gasteiger partial charge >= 0.3 is 0 Å². The summed E-state index contributed by atoms with van der Waals surface area (Å²) in [5.41, 5.74) is 1.13. The summed E-state index contributed by atoms with van der Waals surface area (Å²) in [7, 11) is 0. The van der Waals surface area contributed by atoms with E-state index in [0.717, 1.165) is 30.2 Å². The van der Waals surface area contributed by atoms with Crippen LogP contribution in [0.2, 0.25) is 5.02 Å². The maximum absolute atomic E-state index is 6.15. The summed E-state index contributed by atoms with van der Waals surface area (Å²) >= 11 is 6.15. The molecule has 1 saturated heterocycles. The normalized spacial score (nSPS) is 22.4. The van der Waals surface area contributed by atoms with Crippen LogP contribution < -0.4 is 5.32 Å². The van der Waals surface area contributed by atoms with Crippen LogP contribution in [-0.4, -0.2) is 26.0 Å². The molecule has 0 amide bonds. The molecule has 1 aromatic rings. The molecule has 1 N–H and O–H groups in total. The summed E-state index contributed by atoms with van der Waals surface area (Å²) in [6.45, 7) is 4.13. The Morgan fingerprint density at radius 3 is 3.00 bits per heavy atom. The molecule has 1 aromatic carbocycles. The van der Waals surface area contributed by atoms with E-state index in [9.17, 15) is 0 Å². The van der Waals surface area contributed by atoms with E-state index in [4.69, 9.17) is 21.1 Å². The monoisotopic (exact) mass is 255 g/mol. The van der Waals surface area contributed by atoms with Gasteiger partial charge in [0.25, 0.3) is 0 Å². The zero-order valence-electron chi connectivity index (χ0n) is 9.99. The second-order valence-electron chi connectivity index (χ2n) is 4.25. The van der Waals surface area contributed by atoms with Crippen LogP contribution in [0, 0.1) is 0 Å². The Morgan fingerprint density at radius 2 is 2.29 bits per heavy atom. The van der Waals surface area contributed by atoms with E-state index in [2.05, 4.69) is 12.2 Å². The van der Waals surface area contributed by atoms with Gasteiger partial charge in [-0.15, -0.1) is 0 Å². The molecule has 1 heterocycles. The molecule has 1 fully saturated rings. The highest BCUT2D eigenvalue weighted by molar-refractivity contribution is 6.31. The number of ether oxygens (including phenoxy) is 2. The molecular formula is C13H18ClNO2. The number of hydrogen-bond donors (Lipinski definition) is 1. The summed E-state index contributed by atoms with van der Waals surface area (Å²) in [4.78, 5) is 0. The Kier molecular flexibility index (Phi) is 4.80. The summed E-state index contributed by atoms with van der Waals surface area (Å²) in [5.74, 6) is 0. The maximum Gasteiger partial charge on any atom is 0.147 e. The molecule has 17 heavy (non-hydrogen) atoms. The van der Waals surface area contributed by atoms with Gasteiger partial charge in [-0.05, 0) is 25.0 Å². The SMILES string of the molecule is CC(NCC1CCOCO1)c1ccccc1Cl. The number of nitrogens with one attached hydrogen (secondary N) is 1. The highest BCUT2D eigenvalue weighted by Crippen LogP contribution is 2.22. The lowest BCUT2D eigenvalue weighted by atomic mass is 10.1. The van der Waals surface area contributed by atoms with Gasteiger partial charge in [0.05, 0.1) is 12.7 Å². The highest BCUT2D eigenvalue weighted by Gasteiger charge is 2.16. The molecule has 0 saturated carbocycles. The third-order valence-electron chi connectivity index (χ3n) is 2.99. The number of hydrogen-bond acceptors (Lipinski definition) is 3. The lowest BCUT2D eigenvalue weighted by Gasteiger charge is -2.25. The van der Waals surface area contributed by atoms with Crippen LogP contribution in [0.25, 0.3) is 0 Å². The van der Waals surface area contributed by atoms with Gasteiger partial charge < -0.3 is 14.8 Å². The minimum atomic E-state index is 0.232. The highest BCUT2D eigenvalue weighted by atomic mass is 35.5. The Balaban J connectivity index is 1.84. The minimum Gasteiger partial charge on any atom is -0.355 e. The van der Waals surface area contributed by atoms with Crippen LogP contribution in [-0.2, 0) is 9.47 Å². The van der Waals surface area contributed by atoms with E-state index >= 15 is 0 Å². The fraction of sp³-hybridized carbons (Fsp3) is 0.538. The molecule has 0 aliphatic carbocycles. The molecule has 0 spiro atoms. The van der Waals surface area contributed by atoms with E-state index in [1.807, 2.05) is 24.3 Å². The molecule has 0 bridgehead atoms. The van der Waals surface area contributed by atoms with Crippen molar-refractivity contribution in [2.45, 2.75) is 25.5 Å². The van der Waals surface area contributed by atoms with E-state index in [1.165, 1.54) is 0 Å². The van der Waals surface area contributed by atoms with Gasteiger partial charge in [-0.1, -0.05) is 29.8 Å². The summed E-state index contributed by atoms with van der Waals surface area (Å²) in [6, 6.07) is 8.14. The van der Waals surface area contributed by atoms with Gasteiger partial charge in [-0.2, -0.15) is 0 Å². The van der Waals surface area contributed by atoms with Crippen molar-refractivity contribution in [3.05, 3.63) is 34.9 Å². The lowest BCUT2D eigenvalue weighted by molar-refractivity contribution is -0.137. The largest absolute Gasteiger partial charge is 0.355 e. The fourth-order valence-corrected chi connectivity index (χ4v) is 2.21. The Labute approximate surface area is 107 Å². The van der Waals surface area contributed by atoms with Crippen molar-refractivity contribution in [3.63, 3.8) is 0 Å². The molecule has 3 nitrogen and oxygen atoms in total. The lowest BCUT2D eigenvalue weighted by Crippen LogP contribution is -2.35. The van der Waals surface area contributed by atoms with Gasteiger partial charge in [-0.25, -0.2) is 0 Å². The Hall–Kier alpha value is -0.610. The average molecular weight is 256 g/mol. The fourth-order valence-electron chi connectivity index (χ4n) is 1.91. The number of halogens is 1. The van der Waals surface area contributed by atoms with E-state index in [0.29, 0.717) is 6.79 Å². The molecule has 1 aliphatic rings. The van der Waals surface area contributed by atoms with Crippen molar-refractivity contribution < 1.29 is 9.47 Å². The molecule has 94 valence electrons. The minimum absolute atomic E-state index is 0.232. The smallest absolute Gasteiger partial charge is 0.147 e. The molecule has 4 heteroatoms. The molecule has 1 aliphatic heterocycles. The molecule has 0 aromatic heterocycles. The van der Waals surface area contributed by atoms with Crippen molar-refractivity contribution in [2.75, 3.05) is 19.9 Å². The number of rotatable bonds is 4. The van der Waals surface area contributed by atoms with E-state index in [1.54, 1.807) is 0 Å². The van der Waals surface area contributed by atoms with Crippen LogP contribution in [0.4, 0.5) is 0 Å². The summed E-state index contributed by atoms with van der Waals surface area (Å²) in [5, 5.41) is 4.25. The Bertz CT molecular complexity index is 353. The third kappa shape index (κ3) is 3.68. The predicted molar refractivity (Wildman–Crippen MR) is 68.2 cm³/mol. The van der Waals surface area contributed by atoms with Gasteiger partial charge in [-0.3, -0.25) is 0 Å². The van der Waals surface area contributed by atoms with Gasteiger partial charge in [0.15, 0.2) is 0 Å². The first kappa shape index (κ1) is 12.8. The second kappa shape index (κ2) is 6.36. The van der Waals surface area contributed by atoms with Crippen molar-refractivity contribution in [3.8, 4) is 0 Å². The first-order valence-corrected chi connectivity index (χ1v) is 6.32. The van der Waals surface area contributed by atoms with Crippen molar-refractivity contribution in [1.29, 1.82) is 0 Å².